The number of carbonyl (C=O) groups is 1. The predicted molar refractivity (Wildman–Crippen MR) is 115 cm³/mol. The van der Waals surface area contributed by atoms with Gasteiger partial charge in [0.05, 0.1) is 0 Å². The highest BCUT2D eigenvalue weighted by Crippen LogP contribution is 2.17. The third-order valence-electron chi connectivity index (χ3n) is 4.38. The summed E-state index contributed by atoms with van der Waals surface area (Å²) in [5, 5.41) is 7.14. The van der Waals surface area contributed by atoms with Crippen LogP contribution in [0.25, 0.3) is 0 Å². The smallest absolute Gasteiger partial charge is 0.224 e. The Balaban J connectivity index is 0.00000312. The summed E-state index contributed by atoms with van der Waals surface area (Å²) < 4.78 is 0. The SMILES string of the molecule is CN=C(NCCC(=O)N1CCCCC1C)NCc1ccccc1Cl.I. The average molecular weight is 479 g/mol. The number of rotatable bonds is 5. The minimum Gasteiger partial charge on any atom is -0.356 e. The number of halogens is 2. The first-order valence-electron chi connectivity index (χ1n) is 8.59. The second kappa shape index (κ2) is 11.6. The zero-order valence-corrected chi connectivity index (χ0v) is 18.0. The minimum absolute atomic E-state index is 0. The predicted octanol–water partition coefficient (Wildman–Crippen LogP) is 3.41. The molecule has 1 fully saturated rings. The molecule has 140 valence electrons. The number of piperidine rings is 1. The van der Waals surface area contributed by atoms with Gasteiger partial charge in [-0.3, -0.25) is 9.79 Å². The van der Waals surface area contributed by atoms with Crippen LogP contribution in [0.5, 0.6) is 0 Å². The van der Waals surface area contributed by atoms with Crippen molar-refractivity contribution in [3.05, 3.63) is 34.9 Å². The van der Waals surface area contributed by atoms with Gasteiger partial charge in [0.2, 0.25) is 5.91 Å². The van der Waals surface area contributed by atoms with Crippen molar-refractivity contribution < 1.29 is 4.79 Å². The Hall–Kier alpha value is -1.02. The van der Waals surface area contributed by atoms with E-state index in [0.717, 1.165) is 30.0 Å². The summed E-state index contributed by atoms with van der Waals surface area (Å²) in [5.74, 6) is 0.894. The molecule has 25 heavy (non-hydrogen) atoms. The van der Waals surface area contributed by atoms with Crippen LogP contribution in [0.2, 0.25) is 5.02 Å². The standard InChI is InChI=1S/C18H27ClN4O.HI/c1-14-7-5-6-12-23(14)17(24)10-11-21-18(20-2)22-13-15-8-3-4-9-16(15)19;/h3-4,8-9,14H,5-7,10-13H2,1-2H3,(H2,20,21,22);1H. The van der Waals surface area contributed by atoms with E-state index in [1.807, 2.05) is 29.2 Å². The van der Waals surface area contributed by atoms with Crippen LogP contribution in [-0.2, 0) is 11.3 Å². The minimum atomic E-state index is 0. The molecular formula is C18H28ClIN4O. The van der Waals surface area contributed by atoms with Gasteiger partial charge in [-0.25, -0.2) is 0 Å². The molecule has 1 aliphatic heterocycles. The van der Waals surface area contributed by atoms with Gasteiger partial charge < -0.3 is 15.5 Å². The van der Waals surface area contributed by atoms with Crippen LogP contribution in [0.1, 0.15) is 38.2 Å². The Bertz CT molecular complexity index is 582. The van der Waals surface area contributed by atoms with Gasteiger partial charge in [0.15, 0.2) is 5.96 Å². The maximum absolute atomic E-state index is 12.3. The topological polar surface area (TPSA) is 56.7 Å². The Labute approximate surface area is 172 Å². The van der Waals surface area contributed by atoms with Crippen LogP contribution >= 0.6 is 35.6 Å². The van der Waals surface area contributed by atoms with E-state index in [4.69, 9.17) is 11.6 Å². The van der Waals surface area contributed by atoms with Crippen LogP contribution in [0.15, 0.2) is 29.3 Å². The fraction of sp³-hybridized carbons (Fsp3) is 0.556. The molecule has 0 radical (unpaired) electrons. The summed E-state index contributed by atoms with van der Waals surface area (Å²) in [7, 11) is 1.72. The molecule has 2 rings (SSSR count). The molecule has 2 N–H and O–H groups in total. The second-order valence-electron chi connectivity index (χ2n) is 6.13. The van der Waals surface area contributed by atoms with Gasteiger partial charge in [0, 0.05) is 44.2 Å². The van der Waals surface area contributed by atoms with Crippen LogP contribution in [0.4, 0.5) is 0 Å². The zero-order chi connectivity index (χ0) is 17.4. The van der Waals surface area contributed by atoms with Crippen molar-refractivity contribution in [1.29, 1.82) is 0 Å². The van der Waals surface area contributed by atoms with Crippen molar-refractivity contribution in [2.24, 2.45) is 4.99 Å². The number of guanidine groups is 1. The van der Waals surface area contributed by atoms with E-state index in [9.17, 15) is 4.79 Å². The second-order valence-corrected chi connectivity index (χ2v) is 6.53. The molecule has 1 atom stereocenters. The first-order valence-corrected chi connectivity index (χ1v) is 8.97. The largest absolute Gasteiger partial charge is 0.356 e. The molecule has 1 amide bonds. The number of carbonyl (C=O) groups excluding carboxylic acids is 1. The highest BCUT2D eigenvalue weighted by atomic mass is 127. The highest BCUT2D eigenvalue weighted by Gasteiger charge is 2.22. The van der Waals surface area contributed by atoms with Crippen molar-refractivity contribution in [3.8, 4) is 0 Å². The lowest BCUT2D eigenvalue weighted by molar-refractivity contribution is -0.134. The van der Waals surface area contributed by atoms with E-state index in [-0.39, 0.29) is 29.9 Å². The van der Waals surface area contributed by atoms with Gasteiger partial charge >= 0.3 is 0 Å². The quantitative estimate of drug-likeness (QED) is 0.387. The van der Waals surface area contributed by atoms with Crippen LogP contribution in [0.3, 0.4) is 0 Å². The lowest BCUT2D eigenvalue weighted by Gasteiger charge is -2.33. The summed E-state index contributed by atoms with van der Waals surface area (Å²) in [6, 6.07) is 8.07. The number of hydrogen-bond acceptors (Lipinski definition) is 2. The van der Waals surface area contributed by atoms with Gasteiger partial charge in [0.1, 0.15) is 0 Å². The first-order chi connectivity index (χ1) is 11.6. The first kappa shape index (κ1) is 22.0. The van der Waals surface area contributed by atoms with Crippen LogP contribution in [-0.4, -0.2) is 42.9 Å². The van der Waals surface area contributed by atoms with Gasteiger partial charge in [-0.1, -0.05) is 29.8 Å². The Morgan fingerprint density at radius 2 is 2.08 bits per heavy atom. The number of amides is 1. The van der Waals surface area contributed by atoms with Crippen molar-refractivity contribution >= 4 is 47.4 Å². The number of nitrogens with one attached hydrogen (secondary N) is 2. The summed E-state index contributed by atoms with van der Waals surface area (Å²) in [6.45, 7) is 4.19. The summed E-state index contributed by atoms with van der Waals surface area (Å²) in [6.07, 6.45) is 3.93. The third-order valence-corrected chi connectivity index (χ3v) is 4.75. The average Bonchev–Trinajstić information content (AvgIpc) is 2.59. The molecule has 1 aliphatic rings. The fourth-order valence-electron chi connectivity index (χ4n) is 2.94. The molecule has 0 saturated carbocycles. The number of likely N-dealkylation sites (tertiary alicyclic amines) is 1. The van der Waals surface area contributed by atoms with Gasteiger partial charge in [-0.2, -0.15) is 0 Å². The number of benzene rings is 1. The van der Waals surface area contributed by atoms with E-state index < -0.39 is 0 Å². The monoisotopic (exact) mass is 478 g/mol. The Morgan fingerprint density at radius 1 is 1.32 bits per heavy atom. The molecule has 1 heterocycles. The Morgan fingerprint density at radius 3 is 2.76 bits per heavy atom. The number of aliphatic imine (C=N–C) groups is 1. The lowest BCUT2D eigenvalue weighted by Crippen LogP contribution is -2.44. The van der Waals surface area contributed by atoms with Crippen molar-refractivity contribution in [3.63, 3.8) is 0 Å². The molecule has 1 saturated heterocycles. The maximum Gasteiger partial charge on any atom is 0.224 e. The van der Waals surface area contributed by atoms with Gasteiger partial charge in [0.25, 0.3) is 0 Å². The molecule has 1 aromatic carbocycles. The molecule has 1 unspecified atom stereocenters. The zero-order valence-electron chi connectivity index (χ0n) is 14.9. The molecule has 5 nitrogen and oxygen atoms in total. The van der Waals surface area contributed by atoms with Gasteiger partial charge in [-0.05, 0) is 37.8 Å². The summed E-state index contributed by atoms with van der Waals surface area (Å²) >= 11 is 6.15. The van der Waals surface area contributed by atoms with Crippen LogP contribution < -0.4 is 10.6 Å². The molecule has 0 aliphatic carbocycles. The molecule has 0 bridgehead atoms. The summed E-state index contributed by atoms with van der Waals surface area (Å²) in [4.78, 5) is 18.5. The lowest BCUT2D eigenvalue weighted by atomic mass is 10.0. The van der Waals surface area contributed by atoms with E-state index in [1.165, 1.54) is 6.42 Å². The summed E-state index contributed by atoms with van der Waals surface area (Å²) in [5.41, 5.74) is 1.01. The molecular weight excluding hydrogens is 451 g/mol. The highest BCUT2D eigenvalue weighted by molar-refractivity contribution is 14.0. The van der Waals surface area contributed by atoms with E-state index in [1.54, 1.807) is 7.05 Å². The molecule has 1 aromatic rings. The van der Waals surface area contributed by atoms with Gasteiger partial charge in [-0.15, -0.1) is 24.0 Å². The van der Waals surface area contributed by atoms with Crippen molar-refractivity contribution in [2.45, 2.75) is 45.2 Å². The van der Waals surface area contributed by atoms with Crippen LogP contribution in [0, 0.1) is 0 Å². The maximum atomic E-state index is 12.3. The van der Waals surface area contributed by atoms with Crippen molar-refractivity contribution in [2.75, 3.05) is 20.1 Å². The molecule has 0 spiro atoms. The van der Waals surface area contributed by atoms with Crippen molar-refractivity contribution in [1.82, 2.24) is 15.5 Å². The molecule has 0 aromatic heterocycles. The normalized spacial score (nSPS) is 17.6. The number of hydrogen-bond donors (Lipinski definition) is 2. The van der Waals surface area contributed by atoms with E-state index in [2.05, 4.69) is 22.5 Å². The molecule has 7 heteroatoms. The third kappa shape index (κ3) is 7.01. The Kier molecular flexibility index (Phi) is 10.2. The fourth-order valence-corrected chi connectivity index (χ4v) is 3.14. The number of nitrogens with zero attached hydrogens (tertiary/aromatic N) is 2. The van der Waals surface area contributed by atoms with E-state index >= 15 is 0 Å². The van der Waals surface area contributed by atoms with E-state index in [0.29, 0.717) is 31.5 Å².